The molecule has 0 fully saturated rings. The minimum absolute atomic E-state index is 0.194. The molecule has 0 saturated carbocycles. The molecule has 1 aromatic rings. The van der Waals surface area contributed by atoms with E-state index in [2.05, 4.69) is 15.9 Å². The van der Waals surface area contributed by atoms with Gasteiger partial charge in [0.1, 0.15) is 16.7 Å². The lowest BCUT2D eigenvalue weighted by molar-refractivity contribution is -0.128. The molecule has 1 aromatic carbocycles. The Morgan fingerprint density at radius 2 is 1.93 bits per heavy atom. The number of nitriles is 1. The number of alkyl halides is 4. The number of hydrogen-bond donors (Lipinski definition) is 0. The normalized spacial score (nSPS) is 13.3. The van der Waals surface area contributed by atoms with Gasteiger partial charge < -0.3 is 0 Å². The molecule has 0 radical (unpaired) electrons. The first-order valence-electron chi connectivity index (χ1n) is 3.76. The number of hydrogen-bond acceptors (Lipinski definition) is 1. The molecule has 6 heteroatoms. The van der Waals surface area contributed by atoms with Crippen LogP contribution in [0.3, 0.4) is 0 Å². The molecule has 0 saturated heterocycles. The Labute approximate surface area is 91.4 Å². The summed E-state index contributed by atoms with van der Waals surface area (Å²) in [5, 5.41) is 8.44. The third kappa shape index (κ3) is 2.69. The summed E-state index contributed by atoms with van der Waals surface area (Å²) in [6.07, 6.45) is -4.47. The van der Waals surface area contributed by atoms with E-state index < -0.39 is 22.4 Å². The molecule has 80 valence electrons. The van der Waals surface area contributed by atoms with Gasteiger partial charge in [-0.3, -0.25) is 0 Å². The molecule has 0 aliphatic carbocycles. The number of nitrogens with zero attached hydrogens (tertiary/aromatic N) is 1. The van der Waals surface area contributed by atoms with Gasteiger partial charge in [-0.1, -0.05) is 22.0 Å². The average molecular weight is 282 g/mol. The summed E-state index contributed by atoms with van der Waals surface area (Å²) in [6, 6.07) is 4.19. The Morgan fingerprint density at radius 1 is 1.33 bits per heavy atom. The third-order valence-corrected chi connectivity index (χ3v) is 2.74. The van der Waals surface area contributed by atoms with Gasteiger partial charge in [-0.05, 0) is 17.7 Å². The summed E-state index contributed by atoms with van der Waals surface area (Å²) in [5.74, 6) is -0.830. The molecule has 0 aliphatic heterocycles. The van der Waals surface area contributed by atoms with Crippen molar-refractivity contribution in [1.29, 1.82) is 5.26 Å². The van der Waals surface area contributed by atoms with E-state index in [9.17, 15) is 17.6 Å². The maximum atomic E-state index is 12.8. The van der Waals surface area contributed by atoms with Gasteiger partial charge in [-0.25, -0.2) is 4.39 Å². The molecular formula is C9H4BrF4N. The molecule has 1 unspecified atom stereocenters. The Kier molecular flexibility index (Phi) is 3.35. The Bertz CT molecular complexity index is 408. The molecule has 0 bridgehead atoms. The molecular weight excluding hydrogens is 278 g/mol. The van der Waals surface area contributed by atoms with Crippen molar-refractivity contribution < 1.29 is 17.6 Å². The van der Waals surface area contributed by atoms with Crippen molar-refractivity contribution in [3.8, 4) is 6.07 Å². The zero-order valence-corrected chi connectivity index (χ0v) is 8.73. The van der Waals surface area contributed by atoms with Gasteiger partial charge in [-0.2, -0.15) is 18.4 Å². The molecule has 15 heavy (non-hydrogen) atoms. The SMILES string of the molecule is N#Cc1cc(C(Br)C(F)(F)F)ccc1F. The van der Waals surface area contributed by atoms with Gasteiger partial charge >= 0.3 is 6.18 Å². The van der Waals surface area contributed by atoms with Gasteiger partial charge in [0, 0.05) is 0 Å². The highest BCUT2D eigenvalue weighted by Gasteiger charge is 2.38. The summed E-state index contributed by atoms with van der Waals surface area (Å²) in [5.41, 5.74) is -0.596. The second kappa shape index (κ2) is 4.19. The molecule has 1 rings (SSSR count). The van der Waals surface area contributed by atoms with Crippen molar-refractivity contribution >= 4 is 15.9 Å². The van der Waals surface area contributed by atoms with Crippen LogP contribution in [0.2, 0.25) is 0 Å². The summed E-state index contributed by atoms with van der Waals surface area (Å²) < 4.78 is 49.6. The van der Waals surface area contributed by atoms with Crippen LogP contribution in [0.1, 0.15) is 16.0 Å². The van der Waals surface area contributed by atoms with Crippen LogP contribution in [0.5, 0.6) is 0 Å². The van der Waals surface area contributed by atoms with E-state index in [0.717, 1.165) is 18.2 Å². The zero-order chi connectivity index (χ0) is 11.6. The zero-order valence-electron chi connectivity index (χ0n) is 7.15. The minimum Gasteiger partial charge on any atom is -0.206 e. The average Bonchev–Trinajstić information content (AvgIpc) is 2.16. The second-order valence-electron chi connectivity index (χ2n) is 2.76. The summed E-state index contributed by atoms with van der Waals surface area (Å²) in [7, 11) is 0. The predicted molar refractivity (Wildman–Crippen MR) is 48.8 cm³/mol. The smallest absolute Gasteiger partial charge is 0.206 e. The van der Waals surface area contributed by atoms with Crippen LogP contribution in [-0.4, -0.2) is 6.18 Å². The first-order chi connectivity index (χ1) is 6.86. The molecule has 0 aliphatic rings. The Balaban J connectivity index is 3.13. The maximum Gasteiger partial charge on any atom is 0.405 e. The van der Waals surface area contributed by atoms with Crippen LogP contribution in [0, 0.1) is 17.1 Å². The van der Waals surface area contributed by atoms with Gasteiger partial charge in [0.05, 0.1) is 5.56 Å². The van der Waals surface area contributed by atoms with Gasteiger partial charge in [0.2, 0.25) is 0 Å². The molecule has 0 amide bonds. The van der Waals surface area contributed by atoms with E-state index in [-0.39, 0.29) is 5.56 Å². The van der Waals surface area contributed by atoms with Crippen molar-refractivity contribution in [2.45, 2.75) is 11.0 Å². The van der Waals surface area contributed by atoms with E-state index in [1.54, 1.807) is 0 Å². The molecule has 0 heterocycles. The van der Waals surface area contributed by atoms with E-state index in [0.29, 0.717) is 0 Å². The van der Waals surface area contributed by atoms with Crippen molar-refractivity contribution in [3.05, 3.63) is 35.1 Å². The summed E-state index contributed by atoms with van der Waals surface area (Å²) >= 11 is 2.44. The Morgan fingerprint density at radius 3 is 2.40 bits per heavy atom. The molecule has 1 nitrogen and oxygen atoms in total. The predicted octanol–water partition coefficient (Wildman–Crippen LogP) is 3.70. The first kappa shape index (κ1) is 12.0. The topological polar surface area (TPSA) is 23.8 Å². The van der Waals surface area contributed by atoms with Gasteiger partial charge in [0.15, 0.2) is 0 Å². The summed E-state index contributed by atoms with van der Waals surface area (Å²) in [6.45, 7) is 0. The lowest BCUT2D eigenvalue weighted by Gasteiger charge is -2.14. The van der Waals surface area contributed by atoms with Crippen LogP contribution in [0.25, 0.3) is 0 Å². The largest absolute Gasteiger partial charge is 0.405 e. The highest BCUT2D eigenvalue weighted by molar-refractivity contribution is 9.09. The lowest BCUT2D eigenvalue weighted by atomic mass is 10.1. The molecule has 0 N–H and O–H groups in total. The van der Waals surface area contributed by atoms with E-state index in [1.165, 1.54) is 6.07 Å². The van der Waals surface area contributed by atoms with E-state index in [4.69, 9.17) is 5.26 Å². The van der Waals surface area contributed by atoms with Crippen LogP contribution in [-0.2, 0) is 0 Å². The molecule has 1 atom stereocenters. The minimum atomic E-state index is -4.47. The lowest BCUT2D eigenvalue weighted by Crippen LogP contribution is -2.15. The molecule has 0 aromatic heterocycles. The fourth-order valence-corrected chi connectivity index (χ4v) is 1.26. The van der Waals surface area contributed by atoms with Crippen molar-refractivity contribution in [2.24, 2.45) is 0 Å². The summed E-state index contributed by atoms with van der Waals surface area (Å²) in [4.78, 5) is -1.89. The maximum absolute atomic E-state index is 12.8. The fourth-order valence-electron chi connectivity index (χ4n) is 0.975. The second-order valence-corrected chi connectivity index (χ2v) is 3.67. The highest BCUT2D eigenvalue weighted by atomic mass is 79.9. The van der Waals surface area contributed by atoms with Crippen molar-refractivity contribution in [1.82, 2.24) is 0 Å². The van der Waals surface area contributed by atoms with E-state index in [1.807, 2.05) is 0 Å². The van der Waals surface area contributed by atoms with Gasteiger partial charge in [0.25, 0.3) is 0 Å². The number of rotatable bonds is 1. The monoisotopic (exact) mass is 281 g/mol. The van der Waals surface area contributed by atoms with Crippen molar-refractivity contribution in [2.75, 3.05) is 0 Å². The number of benzene rings is 1. The van der Waals surface area contributed by atoms with E-state index >= 15 is 0 Å². The standard InChI is InChI=1S/C9H4BrF4N/c10-8(9(12,13)14)5-1-2-7(11)6(3-5)4-15/h1-3,8H. The third-order valence-electron chi connectivity index (χ3n) is 1.69. The van der Waals surface area contributed by atoms with Crippen molar-refractivity contribution in [3.63, 3.8) is 0 Å². The highest BCUT2D eigenvalue weighted by Crippen LogP contribution is 2.39. The quantitative estimate of drug-likeness (QED) is 0.569. The first-order valence-corrected chi connectivity index (χ1v) is 4.68. The number of halogens is 5. The van der Waals surface area contributed by atoms with Crippen LogP contribution < -0.4 is 0 Å². The molecule has 0 spiro atoms. The van der Waals surface area contributed by atoms with Crippen LogP contribution in [0.15, 0.2) is 18.2 Å². The van der Waals surface area contributed by atoms with Gasteiger partial charge in [-0.15, -0.1) is 0 Å². The fraction of sp³-hybridized carbons (Fsp3) is 0.222. The Hall–Kier alpha value is -1.09. The van der Waals surface area contributed by atoms with Crippen LogP contribution in [0.4, 0.5) is 17.6 Å². The van der Waals surface area contributed by atoms with Crippen LogP contribution >= 0.6 is 15.9 Å².